The van der Waals surface area contributed by atoms with Gasteiger partial charge in [-0.05, 0) is 42.9 Å². The van der Waals surface area contributed by atoms with E-state index in [1.165, 1.54) is 5.56 Å². The third kappa shape index (κ3) is 2.98. The zero-order chi connectivity index (χ0) is 17.2. The van der Waals surface area contributed by atoms with Crippen molar-refractivity contribution in [3.63, 3.8) is 0 Å². The van der Waals surface area contributed by atoms with Crippen LogP contribution in [0.25, 0.3) is 0 Å². The van der Waals surface area contributed by atoms with Crippen LogP contribution in [0.2, 0.25) is 0 Å². The molecule has 1 unspecified atom stereocenters. The summed E-state index contributed by atoms with van der Waals surface area (Å²) >= 11 is 0. The van der Waals surface area contributed by atoms with Gasteiger partial charge in [-0.25, -0.2) is 0 Å². The fraction of sp³-hybridized carbons (Fsp3) is 0.450. The average molecular weight is 328 g/mol. The number of carbonyl (C=O) groups is 1. The van der Waals surface area contributed by atoms with E-state index < -0.39 is 5.60 Å². The minimum absolute atomic E-state index is 0.0775. The Labute approximate surface area is 143 Å². The molecule has 4 heteroatoms. The maximum Gasteiger partial charge on any atom is 0.189 e. The zero-order valence-corrected chi connectivity index (χ0v) is 14.3. The molecule has 1 aromatic rings. The second kappa shape index (κ2) is 6.81. The highest BCUT2D eigenvalue weighted by Gasteiger charge is 2.51. The number of methoxy groups -OCH3 is 1. The Morgan fingerprint density at radius 2 is 2.17 bits per heavy atom. The molecule has 0 amide bonds. The second-order valence-corrected chi connectivity index (χ2v) is 6.59. The van der Waals surface area contributed by atoms with Crippen molar-refractivity contribution < 1.29 is 19.0 Å². The lowest BCUT2D eigenvalue weighted by molar-refractivity contribution is -0.123. The van der Waals surface area contributed by atoms with Crippen LogP contribution in [0.15, 0.2) is 48.8 Å². The molecule has 0 aromatic heterocycles. The van der Waals surface area contributed by atoms with Crippen LogP contribution in [0.5, 0.6) is 5.75 Å². The van der Waals surface area contributed by atoms with Gasteiger partial charge in [-0.3, -0.25) is 4.79 Å². The van der Waals surface area contributed by atoms with Gasteiger partial charge >= 0.3 is 0 Å². The molecule has 0 radical (unpaired) electrons. The van der Waals surface area contributed by atoms with Crippen LogP contribution in [0.1, 0.15) is 25.3 Å². The van der Waals surface area contributed by atoms with Crippen LogP contribution >= 0.6 is 0 Å². The predicted octanol–water partition coefficient (Wildman–Crippen LogP) is 3.67. The van der Waals surface area contributed by atoms with E-state index in [1.54, 1.807) is 19.3 Å². The molecule has 3 atom stereocenters. The van der Waals surface area contributed by atoms with Crippen molar-refractivity contribution in [3.8, 4) is 5.75 Å². The van der Waals surface area contributed by atoms with E-state index in [2.05, 4.69) is 25.6 Å². The van der Waals surface area contributed by atoms with Crippen LogP contribution in [-0.4, -0.2) is 25.3 Å². The van der Waals surface area contributed by atoms with E-state index in [9.17, 15) is 4.79 Å². The molecular weight excluding hydrogens is 304 g/mol. The van der Waals surface area contributed by atoms with Crippen molar-refractivity contribution in [2.45, 2.75) is 31.8 Å². The van der Waals surface area contributed by atoms with E-state index in [0.29, 0.717) is 18.6 Å². The smallest absolute Gasteiger partial charge is 0.189 e. The van der Waals surface area contributed by atoms with Gasteiger partial charge < -0.3 is 14.2 Å². The van der Waals surface area contributed by atoms with Crippen LogP contribution in [0, 0.1) is 11.8 Å². The fourth-order valence-electron chi connectivity index (χ4n) is 3.70. The van der Waals surface area contributed by atoms with E-state index in [1.807, 2.05) is 12.1 Å². The predicted molar refractivity (Wildman–Crippen MR) is 91.6 cm³/mol. The number of ether oxygens (including phenoxy) is 3. The maximum atomic E-state index is 12.2. The number of hydrogen-bond donors (Lipinski definition) is 0. The summed E-state index contributed by atoms with van der Waals surface area (Å²) in [4.78, 5) is 12.2. The number of hydrogen-bond acceptors (Lipinski definition) is 4. The fourth-order valence-corrected chi connectivity index (χ4v) is 3.70. The first-order valence-corrected chi connectivity index (χ1v) is 8.35. The second-order valence-electron chi connectivity index (χ2n) is 6.59. The van der Waals surface area contributed by atoms with Gasteiger partial charge in [0.15, 0.2) is 12.6 Å². The molecule has 24 heavy (non-hydrogen) atoms. The van der Waals surface area contributed by atoms with Crippen LogP contribution in [-0.2, 0) is 20.7 Å². The first-order valence-electron chi connectivity index (χ1n) is 8.35. The summed E-state index contributed by atoms with van der Waals surface area (Å²) in [6.07, 6.45) is 5.61. The topological polar surface area (TPSA) is 44.8 Å². The quantitative estimate of drug-likeness (QED) is 0.748. The summed E-state index contributed by atoms with van der Waals surface area (Å²) in [6.45, 7) is 6.14. The number of allylic oxidation sites excluding steroid dienone is 2. The first kappa shape index (κ1) is 16.8. The van der Waals surface area contributed by atoms with E-state index in [4.69, 9.17) is 14.2 Å². The zero-order valence-electron chi connectivity index (χ0n) is 14.3. The van der Waals surface area contributed by atoms with Crippen molar-refractivity contribution in [1.82, 2.24) is 0 Å². The Morgan fingerprint density at radius 3 is 2.83 bits per heavy atom. The van der Waals surface area contributed by atoms with Crippen LogP contribution in [0.4, 0.5) is 0 Å². The Balaban J connectivity index is 1.82. The lowest BCUT2D eigenvalue weighted by Crippen LogP contribution is -2.44. The third-order valence-electron chi connectivity index (χ3n) is 5.12. The minimum atomic E-state index is -0.512. The van der Waals surface area contributed by atoms with Gasteiger partial charge in [0.25, 0.3) is 0 Å². The lowest BCUT2D eigenvalue weighted by Gasteiger charge is -2.38. The molecule has 1 saturated heterocycles. The Kier molecular flexibility index (Phi) is 4.76. The Bertz CT molecular complexity index is 646. The summed E-state index contributed by atoms with van der Waals surface area (Å²) < 4.78 is 16.9. The van der Waals surface area contributed by atoms with Crippen LogP contribution < -0.4 is 4.74 Å². The summed E-state index contributed by atoms with van der Waals surface area (Å²) in [7, 11) is 1.66. The minimum Gasteiger partial charge on any atom is -0.497 e. The molecule has 128 valence electrons. The molecule has 2 aliphatic rings. The molecular formula is C20H24O4. The molecule has 0 bridgehead atoms. The number of rotatable bonds is 6. The number of carbonyl (C=O) groups excluding carboxylic acids is 1. The molecule has 1 aliphatic carbocycles. The summed E-state index contributed by atoms with van der Waals surface area (Å²) in [6, 6.07) is 8.07. The molecule has 0 saturated carbocycles. The van der Waals surface area contributed by atoms with Crippen molar-refractivity contribution in [1.29, 1.82) is 0 Å². The Morgan fingerprint density at radius 1 is 1.42 bits per heavy atom. The molecule has 0 spiro atoms. The summed E-state index contributed by atoms with van der Waals surface area (Å²) in [5.41, 5.74) is 0.700. The molecule has 1 aromatic carbocycles. The number of ketones is 1. The highest BCUT2D eigenvalue weighted by molar-refractivity contribution is 5.93. The molecule has 1 aliphatic heterocycles. The summed E-state index contributed by atoms with van der Waals surface area (Å²) in [5.74, 6) is 1.77. The molecule has 4 nitrogen and oxygen atoms in total. The van der Waals surface area contributed by atoms with Crippen LogP contribution in [0.3, 0.4) is 0 Å². The lowest BCUT2D eigenvalue weighted by atomic mass is 9.71. The van der Waals surface area contributed by atoms with Gasteiger partial charge in [0, 0.05) is 12.0 Å². The van der Waals surface area contributed by atoms with Crippen molar-refractivity contribution in [2.24, 2.45) is 11.8 Å². The molecule has 0 N–H and O–H groups in total. The highest BCUT2D eigenvalue weighted by atomic mass is 16.7. The van der Waals surface area contributed by atoms with Crippen molar-refractivity contribution in [2.75, 3.05) is 13.9 Å². The van der Waals surface area contributed by atoms with Gasteiger partial charge in [0.05, 0.1) is 7.11 Å². The third-order valence-corrected chi connectivity index (χ3v) is 5.12. The molecule has 1 fully saturated rings. The number of benzene rings is 1. The molecule has 1 heterocycles. The normalized spacial score (nSPS) is 27.0. The first-order chi connectivity index (χ1) is 11.6. The van der Waals surface area contributed by atoms with E-state index >= 15 is 0 Å². The van der Waals surface area contributed by atoms with Crippen molar-refractivity contribution >= 4 is 5.78 Å². The highest BCUT2D eigenvalue weighted by Crippen LogP contribution is 2.46. The van der Waals surface area contributed by atoms with Crippen molar-refractivity contribution in [3.05, 3.63) is 54.3 Å². The number of fused-ring (bicyclic) bond motifs is 1. The maximum absolute atomic E-state index is 12.2. The molecule has 3 rings (SSSR count). The Hall–Kier alpha value is -2.07. The standard InChI is InChI=1S/C20H24O4/c1-4-5-16-12-20(19(11-18(16)21)23-13-24-20)14(2)10-15-6-8-17(22-3)9-7-15/h4,6-9,11,14,16H,1,5,10,12-13H2,2-3H3/t14?,16-,20+/m0/s1. The summed E-state index contributed by atoms with van der Waals surface area (Å²) in [5, 5.41) is 0. The van der Waals surface area contributed by atoms with Gasteiger partial charge in [-0.15, -0.1) is 6.58 Å². The average Bonchev–Trinajstić information content (AvgIpc) is 3.00. The monoisotopic (exact) mass is 328 g/mol. The van der Waals surface area contributed by atoms with E-state index in [-0.39, 0.29) is 24.4 Å². The van der Waals surface area contributed by atoms with Gasteiger partial charge in [0.1, 0.15) is 17.1 Å². The van der Waals surface area contributed by atoms with Gasteiger partial charge in [-0.2, -0.15) is 0 Å². The van der Waals surface area contributed by atoms with E-state index in [0.717, 1.165) is 12.2 Å². The largest absolute Gasteiger partial charge is 0.497 e. The van der Waals surface area contributed by atoms with Gasteiger partial charge in [0.2, 0.25) is 0 Å². The SMILES string of the molecule is C=CC[C@H]1C[C@]2(C(C)Cc3ccc(OC)cc3)OCOC2=CC1=O. The van der Waals surface area contributed by atoms with Gasteiger partial charge in [-0.1, -0.05) is 25.1 Å².